The smallest absolute Gasteiger partial charge is 0.290 e. The molecule has 0 saturated carbocycles. The Bertz CT molecular complexity index is 1200. The van der Waals surface area contributed by atoms with Crippen molar-refractivity contribution in [2.24, 2.45) is 0 Å². The van der Waals surface area contributed by atoms with E-state index in [1.807, 2.05) is 36.6 Å². The van der Waals surface area contributed by atoms with E-state index in [1.54, 1.807) is 6.08 Å². The molecule has 0 unspecified atom stereocenters. The first-order valence-electron chi connectivity index (χ1n) is 8.70. The maximum absolute atomic E-state index is 11.7. The molecule has 1 aliphatic heterocycles. The molecule has 3 heterocycles. The minimum atomic E-state index is -0.383. The normalized spacial score (nSPS) is 14.8. The summed E-state index contributed by atoms with van der Waals surface area (Å²) in [6.07, 6.45) is 1.67. The Labute approximate surface area is 183 Å². The van der Waals surface area contributed by atoms with Crippen molar-refractivity contribution in [2.45, 2.75) is 13.8 Å². The van der Waals surface area contributed by atoms with E-state index in [1.165, 1.54) is 29.6 Å². The molecule has 0 radical (unpaired) electrons. The Morgan fingerprint density at radius 2 is 2.03 bits per heavy atom. The number of imide groups is 1. The summed E-state index contributed by atoms with van der Waals surface area (Å²) in [7, 11) is 0. The maximum Gasteiger partial charge on any atom is 0.290 e. The van der Waals surface area contributed by atoms with Crippen LogP contribution in [-0.4, -0.2) is 27.0 Å². The number of nitrogens with zero attached hydrogens (tertiary/aromatic N) is 2. The predicted molar refractivity (Wildman–Crippen MR) is 121 cm³/mol. The zero-order chi connectivity index (χ0) is 21.3. The van der Waals surface area contributed by atoms with Gasteiger partial charge >= 0.3 is 0 Å². The van der Waals surface area contributed by atoms with E-state index in [9.17, 15) is 14.4 Å². The molecule has 2 aromatic heterocycles. The zero-order valence-electron chi connectivity index (χ0n) is 15.8. The van der Waals surface area contributed by atoms with Gasteiger partial charge in [-0.3, -0.25) is 19.7 Å². The molecule has 1 fully saturated rings. The van der Waals surface area contributed by atoms with Gasteiger partial charge < -0.3 is 10.6 Å². The summed E-state index contributed by atoms with van der Waals surface area (Å²) in [5.74, 6) is -0.546. The van der Waals surface area contributed by atoms with Crippen molar-refractivity contribution in [1.82, 2.24) is 15.3 Å². The van der Waals surface area contributed by atoms with Crippen LogP contribution < -0.4 is 16.0 Å². The predicted octanol–water partition coefficient (Wildman–Crippen LogP) is 4.60. The molecule has 0 aliphatic carbocycles. The third kappa shape index (κ3) is 4.58. The van der Waals surface area contributed by atoms with Gasteiger partial charge in [0.2, 0.25) is 5.91 Å². The fourth-order valence-corrected chi connectivity index (χ4v) is 5.13. The van der Waals surface area contributed by atoms with Gasteiger partial charge in [0.15, 0.2) is 10.3 Å². The van der Waals surface area contributed by atoms with E-state index in [-0.39, 0.29) is 17.1 Å². The molecule has 0 bridgehead atoms. The Balaban J connectivity index is 1.51. The number of thiazole rings is 2. The third-order valence-electron chi connectivity index (χ3n) is 3.89. The second-order valence-electron chi connectivity index (χ2n) is 6.26. The molecule has 4 rings (SSSR count). The first-order valence-corrected chi connectivity index (χ1v) is 11.2. The fourth-order valence-electron chi connectivity index (χ4n) is 2.68. The lowest BCUT2D eigenvalue weighted by Gasteiger charge is -2.04. The van der Waals surface area contributed by atoms with Crippen molar-refractivity contribution in [3.63, 3.8) is 0 Å². The number of hydrogen-bond acceptors (Lipinski definition) is 9. The van der Waals surface area contributed by atoms with Gasteiger partial charge in [-0.25, -0.2) is 9.97 Å². The number of benzene rings is 1. The van der Waals surface area contributed by atoms with Crippen molar-refractivity contribution in [2.75, 3.05) is 10.6 Å². The minimum absolute atomic E-state index is 0.163. The number of carbonyl (C=O) groups excluding carboxylic acids is 3. The quantitative estimate of drug-likeness (QED) is 0.480. The first-order chi connectivity index (χ1) is 14.4. The average molecular weight is 458 g/mol. The van der Waals surface area contributed by atoms with Crippen molar-refractivity contribution >= 4 is 73.5 Å². The number of thioether (sulfide) groups is 1. The van der Waals surface area contributed by atoms with E-state index in [4.69, 9.17) is 0 Å². The van der Waals surface area contributed by atoms with Crippen LogP contribution in [0.5, 0.6) is 0 Å². The van der Waals surface area contributed by atoms with Crippen LogP contribution in [0.4, 0.5) is 20.7 Å². The molecule has 3 aromatic rings. The molecule has 30 heavy (non-hydrogen) atoms. The van der Waals surface area contributed by atoms with Gasteiger partial charge in [-0.05, 0) is 42.5 Å². The Kier molecular flexibility index (Phi) is 5.66. The molecule has 1 aromatic carbocycles. The average Bonchev–Trinajstić information content (AvgIpc) is 3.35. The van der Waals surface area contributed by atoms with Gasteiger partial charge in [0, 0.05) is 18.0 Å². The molecule has 11 heteroatoms. The van der Waals surface area contributed by atoms with E-state index in [0.717, 1.165) is 39.3 Å². The lowest BCUT2D eigenvalue weighted by atomic mass is 10.2. The van der Waals surface area contributed by atoms with Crippen LogP contribution >= 0.6 is 34.4 Å². The standard InChI is InChI=1S/C19H15N5O3S3/c1-9-15(30-18(20-9)21-10(2)25)13-8-28-17(23-13)22-12-5-3-4-11(6-12)7-14-16(26)24-19(27)29-14/h3-8H,1-2H3,(H,22,23)(H,20,21,25)(H,24,26,27)/b14-7-. The van der Waals surface area contributed by atoms with Crippen LogP contribution in [0.2, 0.25) is 0 Å². The van der Waals surface area contributed by atoms with Gasteiger partial charge in [-0.15, -0.1) is 11.3 Å². The van der Waals surface area contributed by atoms with Crippen LogP contribution in [0, 0.1) is 6.92 Å². The molecule has 0 atom stereocenters. The van der Waals surface area contributed by atoms with Crippen LogP contribution in [-0.2, 0) is 9.59 Å². The summed E-state index contributed by atoms with van der Waals surface area (Å²) in [4.78, 5) is 44.5. The summed E-state index contributed by atoms with van der Waals surface area (Å²) in [6, 6.07) is 7.47. The number of nitrogens with one attached hydrogen (secondary N) is 3. The molecule has 3 amide bonds. The maximum atomic E-state index is 11.7. The molecule has 152 valence electrons. The van der Waals surface area contributed by atoms with Crippen molar-refractivity contribution in [3.8, 4) is 10.6 Å². The number of carbonyl (C=O) groups is 3. The lowest BCUT2D eigenvalue weighted by Crippen LogP contribution is -2.17. The first kappa shape index (κ1) is 20.3. The lowest BCUT2D eigenvalue weighted by molar-refractivity contribution is -0.115. The van der Waals surface area contributed by atoms with Crippen molar-refractivity contribution in [3.05, 3.63) is 45.8 Å². The highest BCUT2D eigenvalue weighted by Crippen LogP contribution is 2.35. The molecular weight excluding hydrogens is 442 g/mol. The summed E-state index contributed by atoms with van der Waals surface area (Å²) < 4.78 is 0. The Hall–Kier alpha value is -3.02. The molecule has 1 saturated heterocycles. The van der Waals surface area contributed by atoms with Crippen molar-refractivity contribution < 1.29 is 14.4 Å². The summed E-state index contributed by atoms with van der Waals surface area (Å²) in [5, 5.41) is 11.0. The van der Waals surface area contributed by atoms with Crippen LogP contribution in [0.25, 0.3) is 16.6 Å². The molecule has 1 aliphatic rings. The van der Waals surface area contributed by atoms with Gasteiger partial charge in [0.25, 0.3) is 11.1 Å². The number of aryl methyl sites for hydroxylation is 1. The highest BCUT2D eigenvalue weighted by Gasteiger charge is 2.24. The van der Waals surface area contributed by atoms with E-state index >= 15 is 0 Å². The second kappa shape index (κ2) is 8.38. The van der Waals surface area contributed by atoms with Crippen LogP contribution in [0.15, 0.2) is 34.6 Å². The third-order valence-corrected chi connectivity index (χ3v) is 6.56. The van der Waals surface area contributed by atoms with Gasteiger partial charge in [0.1, 0.15) is 0 Å². The van der Waals surface area contributed by atoms with Crippen LogP contribution in [0.1, 0.15) is 18.2 Å². The number of aromatic nitrogens is 2. The molecule has 0 spiro atoms. The Morgan fingerprint density at radius 3 is 2.77 bits per heavy atom. The summed E-state index contributed by atoms with van der Waals surface area (Å²) in [6.45, 7) is 3.32. The highest BCUT2D eigenvalue weighted by molar-refractivity contribution is 8.18. The number of rotatable bonds is 5. The number of amides is 3. The topological polar surface area (TPSA) is 113 Å². The molecular formula is C19H15N5O3S3. The zero-order valence-corrected chi connectivity index (χ0v) is 18.3. The van der Waals surface area contributed by atoms with Gasteiger partial charge in [-0.1, -0.05) is 23.5 Å². The Morgan fingerprint density at radius 1 is 1.20 bits per heavy atom. The molecule has 8 nitrogen and oxygen atoms in total. The molecule has 3 N–H and O–H groups in total. The summed E-state index contributed by atoms with van der Waals surface area (Å²) in [5.41, 5.74) is 3.18. The monoisotopic (exact) mass is 457 g/mol. The minimum Gasteiger partial charge on any atom is -0.332 e. The van der Waals surface area contributed by atoms with E-state index in [2.05, 4.69) is 25.9 Å². The SMILES string of the molecule is CC(=O)Nc1nc(C)c(-c2csc(Nc3cccc(/C=C4\SC(=O)NC4=O)c3)n2)s1. The number of anilines is 3. The van der Waals surface area contributed by atoms with E-state index < -0.39 is 0 Å². The fraction of sp³-hybridized carbons (Fsp3) is 0.105. The summed E-state index contributed by atoms with van der Waals surface area (Å²) >= 11 is 3.72. The highest BCUT2D eigenvalue weighted by atomic mass is 32.2. The van der Waals surface area contributed by atoms with Crippen LogP contribution in [0.3, 0.4) is 0 Å². The second-order valence-corrected chi connectivity index (χ2v) is 9.13. The van der Waals surface area contributed by atoms with E-state index in [0.29, 0.717) is 15.2 Å². The largest absolute Gasteiger partial charge is 0.332 e. The van der Waals surface area contributed by atoms with Crippen molar-refractivity contribution in [1.29, 1.82) is 0 Å². The van der Waals surface area contributed by atoms with Gasteiger partial charge in [0.05, 0.1) is 21.2 Å². The van der Waals surface area contributed by atoms with Gasteiger partial charge in [-0.2, -0.15) is 0 Å². The number of hydrogen-bond donors (Lipinski definition) is 3.